The average Bonchev–Trinajstić information content (AvgIpc) is 2.16. The molecule has 0 aliphatic carbocycles. The summed E-state index contributed by atoms with van der Waals surface area (Å²) in [7, 11) is 1.61. The van der Waals surface area contributed by atoms with Gasteiger partial charge in [-0.3, -0.25) is 0 Å². The Morgan fingerprint density at radius 1 is 1.54 bits per heavy atom. The molecule has 0 aliphatic rings. The van der Waals surface area contributed by atoms with E-state index in [0.717, 1.165) is 11.3 Å². The van der Waals surface area contributed by atoms with Crippen LogP contribution in [0.2, 0.25) is 5.02 Å². The van der Waals surface area contributed by atoms with Gasteiger partial charge in [-0.05, 0) is 18.2 Å². The second-order valence-corrected chi connectivity index (χ2v) is 3.41. The van der Waals surface area contributed by atoms with Gasteiger partial charge < -0.3 is 9.84 Å². The Hall–Kier alpha value is -0.730. The van der Waals surface area contributed by atoms with Gasteiger partial charge in [0.2, 0.25) is 0 Å². The van der Waals surface area contributed by atoms with Crippen LogP contribution in [0.1, 0.15) is 18.4 Å². The Morgan fingerprint density at radius 2 is 2.23 bits per heavy atom. The average molecular weight is 201 g/mol. The Bertz CT molecular complexity index is 286. The molecule has 0 radical (unpaired) electrons. The molecule has 0 saturated heterocycles. The molecule has 3 heteroatoms. The number of aliphatic hydroxyl groups is 1. The Morgan fingerprint density at radius 3 is 2.77 bits per heavy atom. The first kappa shape index (κ1) is 10.4. The molecule has 0 saturated carbocycles. The lowest BCUT2D eigenvalue weighted by atomic mass is 10.0. The molecule has 2 nitrogen and oxygen atoms in total. The summed E-state index contributed by atoms with van der Waals surface area (Å²) in [5.41, 5.74) is 0.942. The van der Waals surface area contributed by atoms with Gasteiger partial charge in [0, 0.05) is 23.1 Å². The highest BCUT2D eigenvalue weighted by molar-refractivity contribution is 6.30. The van der Waals surface area contributed by atoms with Crippen LogP contribution in [0.25, 0.3) is 0 Å². The molecule has 0 aliphatic heterocycles. The highest BCUT2D eigenvalue weighted by Crippen LogP contribution is 2.28. The molecule has 0 bridgehead atoms. The van der Waals surface area contributed by atoms with Gasteiger partial charge in [-0.15, -0.1) is 0 Å². The first-order valence-electron chi connectivity index (χ1n) is 4.13. The summed E-state index contributed by atoms with van der Waals surface area (Å²) in [5.74, 6) is 0.819. The number of ether oxygens (including phenoxy) is 1. The second-order valence-electron chi connectivity index (χ2n) is 2.97. The van der Waals surface area contributed by atoms with E-state index >= 15 is 0 Å². The number of hydrogen-bond donors (Lipinski definition) is 1. The monoisotopic (exact) mass is 200 g/mol. The van der Waals surface area contributed by atoms with Crippen LogP contribution in [0.3, 0.4) is 0 Å². The Labute approximate surface area is 83.1 Å². The van der Waals surface area contributed by atoms with Crippen LogP contribution < -0.4 is 4.74 Å². The number of benzene rings is 1. The van der Waals surface area contributed by atoms with E-state index in [0.29, 0.717) is 5.02 Å². The van der Waals surface area contributed by atoms with E-state index in [1.54, 1.807) is 13.2 Å². The van der Waals surface area contributed by atoms with E-state index in [4.69, 9.17) is 21.4 Å². The maximum atomic E-state index is 9.00. The number of methoxy groups -OCH3 is 1. The summed E-state index contributed by atoms with van der Waals surface area (Å²) in [4.78, 5) is 0. The van der Waals surface area contributed by atoms with Crippen LogP contribution in [0.4, 0.5) is 0 Å². The summed E-state index contributed by atoms with van der Waals surface area (Å²) >= 11 is 5.84. The van der Waals surface area contributed by atoms with Crippen LogP contribution in [0.5, 0.6) is 5.75 Å². The van der Waals surface area contributed by atoms with Gasteiger partial charge in [-0.1, -0.05) is 18.5 Å². The van der Waals surface area contributed by atoms with Crippen LogP contribution in [0, 0.1) is 0 Å². The fourth-order valence-corrected chi connectivity index (χ4v) is 1.37. The third-order valence-corrected chi connectivity index (χ3v) is 2.23. The van der Waals surface area contributed by atoms with Gasteiger partial charge in [-0.2, -0.15) is 0 Å². The number of halogens is 1. The van der Waals surface area contributed by atoms with Crippen LogP contribution in [-0.4, -0.2) is 18.8 Å². The van der Waals surface area contributed by atoms with E-state index in [-0.39, 0.29) is 12.5 Å². The van der Waals surface area contributed by atoms with Crippen LogP contribution >= 0.6 is 11.6 Å². The minimum absolute atomic E-state index is 0.0497. The molecule has 0 amide bonds. The first-order valence-corrected chi connectivity index (χ1v) is 4.51. The Kier molecular flexibility index (Phi) is 3.58. The zero-order chi connectivity index (χ0) is 9.84. The summed E-state index contributed by atoms with van der Waals surface area (Å²) in [5, 5.41) is 9.66. The van der Waals surface area contributed by atoms with Gasteiger partial charge in [-0.25, -0.2) is 0 Å². The van der Waals surface area contributed by atoms with Crippen molar-refractivity contribution >= 4 is 11.6 Å². The summed E-state index contributed by atoms with van der Waals surface area (Å²) < 4.78 is 5.15. The fourth-order valence-electron chi connectivity index (χ4n) is 1.19. The van der Waals surface area contributed by atoms with Crippen molar-refractivity contribution < 1.29 is 9.84 Å². The van der Waals surface area contributed by atoms with E-state index in [1.807, 2.05) is 19.1 Å². The van der Waals surface area contributed by atoms with Crippen molar-refractivity contribution in [2.24, 2.45) is 0 Å². The minimum Gasteiger partial charge on any atom is -0.496 e. The van der Waals surface area contributed by atoms with Crippen LogP contribution in [0.15, 0.2) is 18.2 Å². The maximum absolute atomic E-state index is 9.00. The van der Waals surface area contributed by atoms with Gasteiger partial charge in [0.05, 0.1) is 7.11 Å². The molecule has 0 aromatic heterocycles. The SMILES string of the molecule is COc1ccc(Cl)cc1C(C)CO. The molecule has 13 heavy (non-hydrogen) atoms. The van der Waals surface area contributed by atoms with E-state index in [1.165, 1.54) is 0 Å². The van der Waals surface area contributed by atoms with E-state index < -0.39 is 0 Å². The predicted molar refractivity (Wildman–Crippen MR) is 53.5 cm³/mol. The molecule has 0 heterocycles. The third-order valence-electron chi connectivity index (χ3n) is 2.00. The largest absolute Gasteiger partial charge is 0.496 e. The van der Waals surface area contributed by atoms with Crippen molar-refractivity contribution in [2.75, 3.05) is 13.7 Å². The number of rotatable bonds is 3. The van der Waals surface area contributed by atoms with Gasteiger partial charge in [0.25, 0.3) is 0 Å². The highest BCUT2D eigenvalue weighted by atomic mass is 35.5. The molecule has 1 aromatic carbocycles. The molecular weight excluding hydrogens is 188 g/mol. The highest BCUT2D eigenvalue weighted by Gasteiger charge is 2.10. The Balaban J connectivity index is 3.07. The lowest BCUT2D eigenvalue weighted by molar-refractivity contribution is 0.270. The van der Waals surface area contributed by atoms with Gasteiger partial charge >= 0.3 is 0 Å². The van der Waals surface area contributed by atoms with Crippen molar-refractivity contribution in [1.82, 2.24) is 0 Å². The molecule has 1 unspecified atom stereocenters. The van der Waals surface area contributed by atoms with Crippen molar-refractivity contribution in [1.29, 1.82) is 0 Å². The van der Waals surface area contributed by atoms with Crippen molar-refractivity contribution in [2.45, 2.75) is 12.8 Å². The predicted octanol–water partition coefficient (Wildman–Crippen LogP) is 2.44. The quantitative estimate of drug-likeness (QED) is 0.812. The van der Waals surface area contributed by atoms with Crippen molar-refractivity contribution in [3.63, 3.8) is 0 Å². The van der Waals surface area contributed by atoms with E-state index in [9.17, 15) is 0 Å². The normalized spacial score (nSPS) is 12.6. The number of hydrogen-bond acceptors (Lipinski definition) is 2. The number of aliphatic hydroxyl groups excluding tert-OH is 1. The molecular formula is C10H13ClO2. The molecule has 1 N–H and O–H groups in total. The zero-order valence-corrected chi connectivity index (χ0v) is 8.51. The molecule has 1 rings (SSSR count). The third kappa shape index (κ3) is 2.36. The standard InChI is InChI=1S/C10H13ClO2/c1-7(6-12)9-5-8(11)3-4-10(9)13-2/h3-5,7,12H,6H2,1-2H3. The van der Waals surface area contributed by atoms with Gasteiger partial charge in [0.15, 0.2) is 0 Å². The minimum atomic E-state index is 0.0497. The first-order chi connectivity index (χ1) is 6.19. The summed E-state index contributed by atoms with van der Waals surface area (Å²) in [6.45, 7) is 2.02. The summed E-state index contributed by atoms with van der Waals surface area (Å²) in [6.07, 6.45) is 0. The van der Waals surface area contributed by atoms with Crippen molar-refractivity contribution in [3.05, 3.63) is 28.8 Å². The molecule has 0 fully saturated rings. The lowest BCUT2D eigenvalue weighted by Gasteiger charge is -2.13. The zero-order valence-electron chi connectivity index (χ0n) is 7.75. The van der Waals surface area contributed by atoms with Crippen molar-refractivity contribution in [3.8, 4) is 5.75 Å². The van der Waals surface area contributed by atoms with Crippen LogP contribution in [-0.2, 0) is 0 Å². The fraction of sp³-hybridized carbons (Fsp3) is 0.400. The molecule has 1 atom stereocenters. The molecule has 72 valence electrons. The molecule has 1 aromatic rings. The topological polar surface area (TPSA) is 29.5 Å². The summed E-state index contributed by atoms with van der Waals surface area (Å²) in [6, 6.07) is 5.40. The maximum Gasteiger partial charge on any atom is 0.122 e. The lowest BCUT2D eigenvalue weighted by Crippen LogP contribution is -2.01. The second kappa shape index (κ2) is 4.49. The van der Waals surface area contributed by atoms with Gasteiger partial charge in [0.1, 0.15) is 5.75 Å². The van der Waals surface area contributed by atoms with E-state index in [2.05, 4.69) is 0 Å². The molecule has 0 spiro atoms. The smallest absolute Gasteiger partial charge is 0.122 e.